The second-order valence-electron chi connectivity index (χ2n) is 4.34. The number of amides is 1. The number of ether oxygens (including phenoxy) is 1. The van der Waals surface area contributed by atoms with Gasteiger partial charge in [0.2, 0.25) is 0 Å². The van der Waals surface area contributed by atoms with Gasteiger partial charge in [-0.05, 0) is 37.5 Å². The van der Waals surface area contributed by atoms with Crippen molar-refractivity contribution in [1.82, 2.24) is 5.32 Å². The number of carbonyl (C=O) groups is 2. The van der Waals surface area contributed by atoms with Crippen LogP contribution in [-0.2, 0) is 11.2 Å². The first-order valence-electron chi connectivity index (χ1n) is 6.26. The van der Waals surface area contributed by atoms with E-state index in [-0.39, 0.29) is 18.3 Å². The topological polar surface area (TPSA) is 55.4 Å². The summed E-state index contributed by atoms with van der Waals surface area (Å²) >= 11 is 0. The monoisotopic (exact) mass is 247 g/mol. The quantitative estimate of drug-likeness (QED) is 0.881. The molecule has 2 rings (SSSR count). The van der Waals surface area contributed by atoms with Crippen LogP contribution in [0.25, 0.3) is 0 Å². The number of ketones is 1. The Balaban J connectivity index is 2.04. The number of aryl methyl sites for hydroxylation is 1. The Hall–Kier alpha value is -1.84. The first-order chi connectivity index (χ1) is 8.70. The molecule has 1 amide bonds. The smallest absolute Gasteiger partial charge is 0.257 e. The van der Waals surface area contributed by atoms with E-state index in [0.717, 1.165) is 24.0 Å². The van der Waals surface area contributed by atoms with E-state index in [0.29, 0.717) is 18.7 Å². The third-order valence-corrected chi connectivity index (χ3v) is 2.98. The minimum atomic E-state index is -0.151. The van der Waals surface area contributed by atoms with Gasteiger partial charge in [-0.2, -0.15) is 0 Å². The molecule has 1 aliphatic rings. The zero-order chi connectivity index (χ0) is 13.0. The van der Waals surface area contributed by atoms with Gasteiger partial charge in [-0.1, -0.05) is 6.07 Å². The van der Waals surface area contributed by atoms with Crippen LogP contribution in [0.2, 0.25) is 0 Å². The number of nitrogens with one attached hydrogen (secondary N) is 1. The molecule has 0 saturated carbocycles. The van der Waals surface area contributed by atoms with Crippen molar-refractivity contribution >= 4 is 11.7 Å². The van der Waals surface area contributed by atoms with Crippen molar-refractivity contribution in [1.29, 1.82) is 0 Å². The molecule has 4 heteroatoms. The van der Waals surface area contributed by atoms with Crippen molar-refractivity contribution in [3.63, 3.8) is 0 Å². The summed E-state index contributed by atoms with van der Waals surface area (Å²) in [6, 6.07) is 5.48. The fourth-order valence-corrected chi connectivity index (χ4v) is 2.09. The molecular weight excluding hydrogens is 230 g/mol. The van der Waals surface area contributed by atoms with Gasteiger partial charge >= 0.3 is 0 Å². The van der Waals surface area contributed by atoms with Crippen molar-refractivity contribution < 1.29 is 14.3 Å². The summed E-state index contributed by atoms with van der Waals surface area (Å²) in [6.45, 7) is 2.43. The van der Waals surface area contributed by atoms with Crippen molar-refractivity contribution in [2.75, 3.05) is 13.2 Å². The van der Waals surface area contributed by atoms with Crippen molar-refractivity contribution in [2.45, 2.75) is 26.2 Å². The predicted molar refractivity (Wildman–Crippen MR) is 67.9 cm³/mol. The maximum atomic E-state index is 11.7. The van der Waals surface area contributed by atoms with Gasteiger partial charge in [-0.15, -0.1) is 0 Å². The molecule has 1 N–H and O–H groups in total. The van der Waals surface area contributed by atoms with Crippen molar-refractivity contribution in [3.05, 3.63) is 29.3 Å². The molecule has 1 aliphatic carbocycles. The summed E-state index contributed by atoms with van der Waals surface area (Å²) in [4.78, 5) is 23.0. The molecular formula is C14H17NO3. The molecule has 1 aromatic rings. The Labute approximate surface area is 106 Å². The number of fused-ring (bicyclic) bond motifs is 1. The Morgan fingerprint density at radius 2 is 2.22 bits per heavy atom. The summed E-state index contributed by atoms with van der Waals surface area (Å²) in [7, 11) is 0. The van der Waals surface area contributed by atoms with E-state index in [1.807, 2.05) is 19.1 Å². The molecule has 18 heavy (non-hydrogen) atoms. The minimum Gasteiger partial charge on any atom is -0.484 e. The van der Waals surface area contributed by atoms with Crippen LogP contribution in [0.15, 0.2) is 18.2 Å². The van der Waals surface area contributed by atoms with Crippen LogP contribution < -0.4 is 10.1 Å². The molecule has 0 heterocycles. The molecule has 4 nitrogen and oxygen atoms in total. The predicted octanol–water partition coefficient (Wildman–Crippen LogP) is 1.72. The Bertz CT molecular complexity index is 468. The average molecular weight is 247 g/mol. The highest BCUT2D eigenvalue weighted by atomic mass is 16.5. The molecule has 0 aromatic heterocycles. The van der Waals surface area contributed by atoms with E-state index in [1.165, 1.54) is 0 Å². The van der Waals surface area contributed by atoms with Crippen LogP contribution >= 0.6 is 0 Å². The molecule has 0 radical (unpaired) electrons. The molecule has 0 unspecified atom stereocenters. The first-order valence-corrected chi connectivity index (χ1v) is 6.26. The van der Waals surface area contributed by atoms with Crippen LogP contribution in [0.1, 0.15) is 35.7 Å². The summed E-state index contributed by atoms with van der Waals surface area (Å²) in [5, 5.41) is 2.66. The highest BCUT2D eigenvalue weighted by molar-refractivity contribution is 5.98. The highest BCUT2D eigenvalue weighted by Crippen LogP contribution is 2.25. The van der Waals surface area contributed by atoms with Gasteiger partial charge < -0.3 is 10.1 Å². The fraction of sp³-hybridized carbons (Fsp3) is 0.429. The molecule has 0 aliphatic heterocycles. The average Bonchev–Trinajstić information content (AvgIpc) is 2.37. The molecule has 0 spiro atoms. The van der Waals surface area contributed by atoms with E-state index in [2.05, 4.69) is 5.32 Å². The van der Waals surface area contributed by atoms with Crippen LogP contribution in [0.5, 0.6) is 5.75 Å². The van der Waals surface area contributed by atoms with E-state index >= 15 is 0 Å². The lowest BCUT2D eigenvalue weighted by Gasteiger charge is -2.15. The van der Waals surface area contributed by atoms with E-state index in [1.54, 1.807) is 6.07 Å². The van der Waals surface area contributed by atoms with Gasteiger partial charge in [0.1, 0.15) is 5.75 Å². The number of hydrogen-bond donors (Lipinski definition) is 1. The normalized spacial score (nSPS) is 13.9. The van der Waals surface area contributed by atoms with E-state index in [4.69, 9.17) is 4.74 Å². The van der Waals surface area contributed by atoms with Crippen LogP contribution in [0.3, 0.4) is 0 Å². The number of benzene rings is 1. The largest absolute Gasteiger partial charge is 0.484 e. The first kappa shape index (κ1) is 12.6. The number of likely N-dealkylation sites (N-methyl/N-ethyl adjacent to an activating group) is 1. The third kappa shape index (κ3) is 2.88. The van der Waals surface area contributed by atoms with Gasteiger partial charge in [-0.3, -0.25) is 9.59 Å². The molecule has 0 fully saturated rings. The second kappa shape index (κ2) is 5.67. The molecule has 1 aromatic carbocycles. The lowest BCUT2D eigenvalue weighted by molar-refractivity contribution is -0.122. The number of carbonyl (C=O) groups excluding carboxylic acids is 2. The van der Waals surface area contributed by atoms with Crippen LogP contribution in [0.4, 0.5) is 0 Å². The standard InChI is InChI=1S/C14H17NO3/c1-2-15-14(17)9-18-11-7-6-10-4-3-5-13(16)12(10)8-11/h6-8H,2-5,9H2,1H3,(H,15,17). The molecule has 0 saturated heterocycles. The fourth-order valence-electron chi connectivity index (χ4n) is 2.09. The summed E-state index contributed by atoms with van der Waals surface area (Å²) in [5.74, 6) is 0.594. The SMILES string of the molecule is CCNC(=O)COc1ccc2c(c1)C(=O)CCC2. The lowest BCUT2D eigenvalue weighted by Crippen LogP contribution is -2.28. The minimum absolute atomic E-state index is 0.0131. The highest BCUT2D eigenvalue weighted by Gasteiger charge is 2.17. The zero-order valence-electron chi connectivity index (χ0n) is 10.5. The van der Waals surface area contributed by atoms with E-state index in [9.17, 15) is 9.59 Å². The molecule has 0 bridgehead atoms. The van der Waals surface area contributed by atoms with Gasteiger partial charge in [0.15, 0.2) is 12.4 Å². The van der Waals surface area contributed by atoms with Crippen LogP contribution in [0, 0.1) is 0 Å². The Morgan fingerprint density at radius 1 is 1.39 bits per heavy atom. The lowest BCUT2D eigenvalue weighted by atomic mass is 9.90. The summed E-state index contributed by atoms with van der Waals surface area (Å²) in [6.07, 6.45) is 2.47. The number of Topliss-reactive ketones (excluding diaryl/α,β-unsaturated/α-hetero) is 1. The van der Waals surface area contributed by atoms with E-state index < -0.39 is 0 Å². The zero-order valence-corrected chi connectivity index (χ0v) is 10.5. The summed E-state index contributed by atoms with van der Waals surface area (Å²) in [5.41, 5.74) is 1.83. The second-order valence-corrected chi connectivity index (χ2v) is 4.34. The van der Waals surface area contributed by atoms with Crippen LogP contribution in [-0.4, -0.2) is 24.8 Å². The Kier molecular flexibility index (Phi) is 3.97. The maximum Gasteiger partial charge on any atom is 0.257 e. The van der Waals surface area contributed by atoms with Gasteiger partial charge in [-0.25, -0.2) is 0 Å². The van der Waals surface area contributed by atoms with Crippen molar-refractivity contribution in [2.24, 2.45) is 0 Å². The van der Waals surface area contributed by atoms with Gasteiger partial charge in [0.25, 0.3) is 5.91 Å². The van der Waals surface area contributed by atoms with Gasteiger partial charge in [0.05, 0.1) is 0 Å². The van der Waals surface area contributed by atoms with Gasteiger partial charge in [0, 0.05) is 18.5 Å². The maximum absolute atomic E-state index is 11.7. The Morgan fingerprint density at radius 3 is 3.00 bits per heavy atom. The molecule has 0 atom stereocenters. The van der Waals surface area contributed by atoms with Crippen molar-refractivity contribution in [3.8, 4) is 5.75 Å². The number of rotatable bonds is 4. The summed E-state index contributed by atoms with van der Waals surface area (Å²) < 4.78 is 5.37. The number of hydrogen-bond acceptors (Lipinski definition) is 3. The third-order valence-electron chi connectivity index (χ3n) is 2.98. The molecule has 96 valence electrons.